The summed E-state index contributed by atoms with van der Waals surface area (Å²) >= 11 is 2.53. The second kappa shape index (κ2) is 12.4. The van der Waals surface area contributed by atoms with Crippen molar-refractivity contribution < 1.29 is 32.3 Å². The van der Waals surface area contributed by atoms with E-state index in [1.807, 2.05) is 36.6 Å². The summed E-state index contributed by atoms with van der Waals surface area (Å²) in [7, 11) is -4.12. The molecule has 1 aromatic carbocycles. The highest BCUT2D eigenvalue weighted by Gasteiger charge is 2.28. The largest absolute Gasteiger partial charge is 0.494 e. The number of thiazole rings is 1. The molecule has 0 aliphatic heterocycles. The van der Waals surface area contributed by atoms with E-state index in [2.05, 4.69) is 10.3 Å². The molecule has 1 aliphatic carbocycles. The monoisotopic (exact) mass is 593 g/mol. The molecule has 0 unspecified atom stereocenters. The first-order chi connectivity index (χ1) is 18.7. The summed E-state index contributed by atoms with van der Waals surface area (Å²) in [5.74, 6) is -3.34. The number of benzene rings is 1. The van der Waals surface area contributed by atoms with E-state index in [1.54, 1.807) is 6.92 Å². The molecule has 4 rings (SSSR count). The van der Waals surface area contributed by atoms with Crippen molar-refractivity contribution in [2.24, 2.45) is 4.99 Å². The Bertz CT molecular complexity index is 1580. The summed E-state index contributed by atoms with van der Waals surface area (Å²) in [6, 6.07) is 5.56. The Hall–Kier alpha value is -3.03. The molecule has 210 valence electrons. The Balaban J connectivity index is 1.49. The predicted molar refractivity (Wildman–Crippen MR) is 151 cm³/mol. The number of esters is 1. The number of aromatic nitrogens is 1. The van der Waals surface area contributed by atoms with E-state index in [4.69, 9.17) is 9.47 Å². The van der Waals surface area contributed by atoms with Crippen LogP contribution in [0.15, 0.2) is 23.2 Å². The molecule has 1 N–H and O–H groups in total. The van der Waals surface area contributed by atoms with E-state index in [0.717, 1.165) is 39.9 Å². The lowest BCUT2D eigenvalue weighted by atomic mass is 9.95. The maximum absolute atomic E-state index is 12.7. The van der Waals surface area contributed by atoms with Crippen molar-refractivity contribution >= 4 is 65.5 Å². The molecule has 39 heavy (non-hydrogen) atoms. The van der Waals surface area contributed by atoms with Crippen LogP contribution < -0.4 is 14.9 Å². The summed E-state index contributed by atoms with van der Waals surface area (Å²) in [6.07, 6.45) is 3.40. The fourth-order valence-corrected chi connectivity index (χ4v) is 7.96. The number of carbonyl (C=O) groups excluding carboxylic acids is 3. The molecule has 2 aromatic heterocycles. The molecular formula is C26H31N3O7S3. The number of nitrogens with zero attached hydrogens (tertiary/aromatic N) is 2. The van der Waals surface area contributed by atoms with E-state index in [1.165, 1.54) is 22.7 Å². The number of carbonyl (C=O) groups is 3. The van der Waals surface area contributed by atoms with Gasteiger partial charge in [-0.05, 0) is 70.2 Å². The number of fused-ring (bicyclic) bond motifs is 2. The fraction of sp³-hybridized carbons (Fsp3) is 0.462. The normalized spacial score (nSPS) is 13.8. The predicted octanol–water partition coefficient (Wildman–Crippen LogP) is 3.72. The summed E-state index contributed by atoms with van der Waals surface area (Å²) in [4.78, 5) is 43.4. The van der Waals surface area contributed by atoms with Gasteiger partial charge in [-0.25, -0.2) is 13.2 Å². The van der Waals surface area contributed by atoms with E-state index in [-0.39, 0.29) is 11.6 Å². The summed E-state index contributed by atoms with van der Waals surface area (Å²) in [5, 5.41) is 2.87. The molecule has 13 heteroatoms. The number of sulfone groups is 1. The third-order valence-corrected chi connectivity index (χ3v) is 9.74. The van der Waals surface area contributed by atoms with Crippen LogP contribution in [-0.2, 0) is 43.5 Å². The average molecular weight is 594 g/mol. The van der Waals surface area contributed by atoms with Crippen molar-refractivity contribution in [2.75, 3.05) is 30.0 Å². The van der Waals surface area contributed by atoms with E-state index in [9.17, 15) is 22.8 Å². The van der Waals surface area contributed by atoms with Crippen LogP contribution in [0.4, 0.5) is 5.00 Å². The second-order valence-corrected chi connectivity index (χ2v) is 13.1. The first-order valence-electron chi connectivity index (χ1n) is 12.8. The molecule has 0 atom stereocenters. The SMILES string of the molecule is CCOC(=O)c1c(NC(=O)CS(=O)(=O)CC(=O)N=c2sc3cc(OCC)ccc3n2CC)sc2c1CCCC2. The second-order valence-electron chi connectivity index (χ2n) is 8.91. The summed E-state index contributed by atoms with van der Waals surface area (Å²) in [6.45, 7) is 6.72. The first kappa shape index (κ1) is 29.0. The van der Waals surface area contributed by atoms with Crippen molar-refractivity contribution in [2.45, 2.75) is 53.0 Å². The molecular weight excluding hydrogens is 563 g/mol. The fourth-order valence-electron chi connectivity index (χ4n) is 4.51. The lowest BCUT2D eigenvalue weighted by Gasteiger charge is -2.12. The number of thiophene rings is 1. The number of nitrogens with one attached hydrogen (secondary N) is 1. The van der Waals surface area contributed by atoms with Gasteiger partial charge in [0.2, 0.25) is 5.91 Å². The number of anilines is 1. The van der Waals surface area contributed by atoms with Crippen LogP contribution in [0.3, 0.4) is 0 Å². The molecule has 1 aliphatic rings. The number of ether oxygens (including phenoxy) is 2. The molecule has 10 nitrogen and oxygen atoms in total. The smallest absolute Gasteiger partial charge is 0.341 e. The number of hydrogen-bond donors (Lipinski definition) is 1. The van der Waals surface area contributed by atoms with E-state index in [0.29, 0.717) is 35.7 Å². The number of aryl methyl sites for hydroxylation is 2. The van der Waals surface area contributed by atoms with Gasteiger partial charge in [0, 0.05) is 11.4 Å². The Morgan fingerprint density at radius 3 is 2.54 bits per heavy atom. The Morgan fingerprint density at radius 2 is 1.82 bits per heavy atom. The Kier molecular flexibility index (Phi) is 9.23. The van der Waals surface area contributed by atoms with Crippen molar-refractivity contribution in [1.82, 2.24) is 4.57 Å². The van der Waals surface area contributed by atoms with Gasteiger partial charge in [-0.2, -0.15) is 4.99 Å². The third-order valence-electron chi connectivity index (χ3n) is 6.10. The van der Waals surface area contributed by atoms with Gasteiger partial charge in [0.25, 0.3) is 5.91 Å². The third kappa shape index (κ3) is 6.76. The first-order valence-corrected chi connectivity index (χ1v) is 16.3. The van der Waals surface area contributed by atoms with Crippen LogP contribution in [-0.4, -0.2) is 55.5 Å². The Morgan fingerprint density at radius 1 is 1.05 bits per heavy atom. The number of hydrogen-bond acceptors (Lipinski definition) is 9. The van der Waals surface area contributed by atoms with Gasteiger partial charge in [-0.1, -0.05) is 11.3 Å². The number of rotatable bonds is 10. The van der Waals surface area contributed by atoms with Crippen LogP contribution in [0.1, 0.15) is 54.4 Å². The summed E-state index contributed by atoms with van der Waals surface area (Å²) < 4.78 is 38.9. The maximum Gasteiger partial charge on any atom is 0.341 e. The average Bonchev–Trinajstić information content (AvgIpc) is 3.39. The zero-order chi connectivity index (χ0) is 28.2. The lowest BCUT2D eigenvalue weighted by Crippen LogP contribution is -2.28. The molecule has 0 saturated heterocycles. The molecule has 3 aromatic rings. The van der Waals surface area contributed by atoms with E-state index >= 15 is 0 Å². The van der Waals surface area contributed by atoms with Crippen molar-refractivity contribution in [3.05, 3.63) is 39.0 Å². The minimum Gasteiger partial charge on any atom is -0.494 e. The molecule has 2 heterocycles. The number of amides is 2. The maximum atomic E-state index is 12.7. The van der Waals surface area contributed by atoms with Gasteiger partial charge in [0.1, 0.15) is 22.3 Å². The van der Waals surface area contributed by atoms with Crippen LogP contribution in [0, 0.1) is 0 Å². The highest BCUT2D eigenvalue weighted by atomic mass is 32.2. The van der Waals surface area contributed by atoms with Crippen molar-refractivity contribution in [3.8, 4) is 5.75 Å². The zero-order valence-electron chi connectivity index (χ0n) is 22.1. The van der Waals surface area contributed by atoms with Gasteiger partial charge in [0.05, 0.1) is 29.0 Å². The highest BCUT2D eigenvalue weighted by Crippen LogP contribution is 2.38. The molecule has 0 bridgehead atoms. The van der Waals surface area contributed by atoms with Gasteiger partial charge >= 0.3 is 5.97 Å². The van der Waals surface area contributed by atoms with Gasteiger partial charge in [-0.3, -0.25) is 9.59 Å². The van der Waals surface area contributed by atoms with Crippen molar-refractivity contribution in [1.29, 1.82) is 0 Å². The van der Waals surface area contributed by atoms with E-state index < -0.39 is 39.1 Å². The van der Waals surface area contributed by atoms with Crippen molar-refractivity contribution in [3.63, 3.8) is 0 Å². The van der Waals surface area contributed by atoms with Gasteiger partial charge < -0.3 is 19.4 Å². The molecule has 0 saturated carbocycles. The lowest BCUT2D eigenvalue weighted by molar-refractivity contribution is -0.115. The van der Waals surface area contributed by atoms with Crippen LogP contribution in [0.25, 0.3) is 10.2 Å². The quantitative estimate of drug-likeness (QED) is 0.354. The van der Waals surface area contributed by atoms with Gasteiger partial charge in [-0.15, -0.1) is 11.3 Å². The minimum absolute atomic E-state index is 0.183. The summed E-state index contributed by atoms with van der Waals surface area (Å²) in [5.41, 5.74) is 2.02. The zero-order valence-corrected chi connectivity index (χ0v) is 24.5. The molecule has 0 fully saturated rings. The molecule has 2 amide bonds. The Labute approximate surface area is 234 Å². The minimum atomic E-state index is -4.12. The van der Waals surface area contributed by atoms with Crippen LogP contribution in [0.2, 0.25) is 0 Å². The van der Waals surface area contributed by atoms with Gasteiger partial charge in [0.15, 0.2) is 14.6 Å². The molecule has 0 radical (unpaired) electrons. The highest BCUT2D eigenvalue weighted by molar-refractivity contribution is 7.92. The topological polar surface area (TPSA) is 133 Å². The van der Waals surface area contributed by atoms with Crippen LogP contribution >= 0.6 is 22.7 Å². The van der Waals surface area contributed by atoms with Crippen LogP contribution in [0.5, 0.6) is 5.75 Å². The molecule has 0 spiro atoms. The standard InChI is InChI=1S/C26H31N3O7S3/c1-4-29-18-12-11-16(35-5-2)13-20(18)38-26(29)28-22(31)15-39(33,34)14-21(30)27-24-23(25(32)36-6-3)17-9-7-8-10-19(17)37-24/h11-13H,4-10,14-15H2,1-3H3,(H,27,30).